The summed E-state index contributed by atoms with van der Waals surface area (Å²) in [6.45, 7) is 0.784. The van der Waals surface area contributed by atoms with Crippen LogP contribution in [0.25, 0.3) is 0 Å². The van der Waals surface area contributed by atoms with Gasteiger partial charge >= 0.3 is 0 Å². The second-order valence-electron chi connectivity index (χ2n) is 5.79. The lowest BCUT2D eigenvalue weighted by atomic mass is 10.1. The van der Waals surface area contributed by atoms with Crippen molar-refractivity contribution in [1.29, 1.82) is 0 Å². The van der Waals surface area contributed by atoms with Crippen LogP contribution < -0.4 is 10.2 Å². The van der Waals surface area contributed by atoms with Gasteiger partial charge < -0.3 is 10.2 Å². The molecule has 2 heterocycles. The molecule has 1 atom stereocenters. The molecule has 0 bridgehead atoms. The third-order valence-electron chi connectivity index (χ3n) is 4.09. The lowest BCUT2D eigenvalue weighted by molar-refractivity contribution is -0.117. The van der Waals surface area contributed by atoms with Crippen molar-refractivity contribution in [1.82, 2.24) is 0 Å². The average molecular weight is 308 g/mol. The van der Waals surface area contributed by atoms with Gasteiger partial charge in [-0.05, 0) is 43.5 Å². The van der Waals surface area contributed by atoms with Crippen LogP contribution in [0, 0.1) is 0 Å². The minimum Gasteiger partial charge on any atom is -0.381 e. The van der Waals surface area contributed by atoms with E-state index in [1.165, 1.54) is 0 Å². The highest BCUT2D eigenvalue weighted by Crippen LogP contribution is 2.24. The Balaban J connectivity index is 1.66. The van der Waals surface area contributed by atoms with E-state index in [1.807, 2.05) is 24.3 Å². The lowest BCUT2D eigenvalue weighted by Gasteiger charge is -2.24. The molecule has 0 saturated carbocycles. The van der Waals surface area contributed by atoms with Crippen LogP contribution in [0.1, 0.15) is 25.7 Å². The molecule has 3 rings (SSSR count). The molecule has 1 aromatic carbocycles. The van der Waals surface area contributed by atoms with Crippen LogP contribution in [0.2, 0.25) is 0 Å². The Bertz CT molecular complexity index is 625. The second-order valence-corrected chi connectivity index (χ2v) is 8.02. The van der Waals surface area contributed by atoms with Crippen LogP contribution in [0.3, 0.4) is 0 Å². The van der Waals surface area contributed by atoms with Gasteiger partial charge in [0.15, 0.2) is 9.84 Å². The van der Waals surface area contributed by atoms with Crippen molar-refractivity contribution in [3.8, 4) is 0 Å². The molecule has 114 valence electrons. The molecule has 0 aliphatic carbocycles. The number of nitrogens with zero attached hydrogens (tertiary/aromatic N) is 1. The standard InChI is InChI=1S/C15H20N2O3S/c18-15-4-1-9-17(15)14-7-5-12(6-8-14)16-13-3-2-10-21(19,20)11-13/h5-8,13,16H,1-4,9-11H2. The van der Waals surface area contributed by atoms with Crippen LogP contribution >= 0.6 is 0 Å². The predicted molar refractivity (Wildman–Crippen MR) is 83.3 cm³/mol. The lowest BCUT2D eigenvalue weighted by Crippen LogP contribution is -2.34. The molecule has 5 nitrogen and oxygen atoms in total. The first-order valence-electron chi connectivity index (χ1n) is 7.41. The molecular weight excluding hydrogens is 288 g/mol. The van der Waals surface area contributed by atoms with E-state index in [9.17, 15) is 13.2 Å². The van der Waals surface area contributed by atoms with Crippen molar-refractivity contribution >= 4 is 27.1 Å². The first kappa shape index (κ1) is 14.4. The summed E-state index contributed by atoms with van der Waals surface area (Å²) in [4.78, 5) is 13.5. The summed E-state index contributed by atoms with van der Waals surface area (Å²) in [5, 5.41) is 3.28. The minimum absolute atomic E-state index is 0.0111. The van der Waals surface area contributed by atoms with Crippen molar-refractivity contribution in [2.24, 2.45) is 0 Å². The van der Waals surface area contributed by atoms with Crippen LogP contribution in [-0.2, 0) is 14.6 Å². The van der Waals surface area contributed by atoms with E-state index in [1.54, 1.807) is 4.90 Å². The highest BCUT2D eigenvalue weighted by molar-refractivity contribution is 7.91. The van der Waals surface area contributed by atoms with Gasteiger partial charge in [-0.2, -0.15) is 0 Å². The number of benzene rings is 1. The average Bonchev–Trinajstić information content (AvgIpc) is 2.85. The van der Waals surface area contributed by atoms with Crippen molar-refractivity contribution in [2.45, 2.75) is 31.7 Å². The maximum absolute atomic E-state index is 11.7. The van der Waals surface area contributed by atoms with Gasteiger partial charge in [-0.25, -0.2) is 8.42 Å². The molecule has 6 heteroatoms. The molecule has 2 aliphatic heterocycles. The summed E-state index contributed by atoms with van der Waals surface area (Å²) in [6.07, 6.45) is 3.14. The fraction of sp³-hybridized carbons (Fsp3) is 0.533. The van der Waals surface area contributed by atoms with Crippen molar-refractivity contribution < 1.29 is 13.2 Å². The third kappa shape index (κ3) is 3.37. The Morgan fingerprint density at radius 2 is 1.90 bits per heavy atom. The van der Waals surface area contributed by atoms with Gasteiger partial charge in [-0.1, -0.05) is 0 Å². The van der Waals surface area contributed by atoms with E-state index in [4.69, 9.17) is 0 Å². The SMILES string of the molecule is O=C1CCCN1c1ccc(NC2CCCS(=O)(=O)C2)cc1. The number of sulfone groups is 1. The molecule has 2 saturated heterocycles. The second kappa shape index (κ2) is 5.67. The number of hydrogen-bond acceptors (Lipinski definition) is 4. The summed E-state index contributed by atoms with van der Waals surface area (Å²) in [5.41, 5.74) is 1.83. The van der Waals surface area contributed by atoms with E-state index in [0.29, 0.717) is 12.2 Å². The number of carbonyl (C=O) groups is 1. The number of rotatable bonds is 3. The Morgan fingerprint density at radius 3 is 2.52 bits per heavy atom. The highest BCUT2D eigenvalue weighted by atomic mass is 32.2. The monoisotopic (exact) mass is 308 g/mol. The van der Waals surface area contributed by atoms with E-state index >= 15 is 0 Å². The maximum atomic E-state index is 11.7. The smallest absolute Gasteiger partial charge is 0.227 e. The number of nitrogens with one attached hydrogen (secondary N) is 1. The molecule has 2 fully saturated rings. The molecule has 1 N–H and O–H groups in total. The van der Waals surface area contributed by atoms with Crippen LogP contribution in [0.4, 0.5) is 11.4 Å². The summed E-state index contributed by atoms with van der Waals surface area (Å²) < 4.78 is 23.3. The molecule has 1 amide bonds. The zero-order valence-electron chi connectivity index (χ0n) is 11.9. The summed E-state index contributed by atoms with van der Waals surface area (Å²) in [6, 6.07) is 7.67. The zero-order valence-corrected chi connectivity index (χ0v) is 12.7. The highest BCUT2D eigenvalue weighted by Gasteiger charge is 2.25. The molecule has 0 aromatic heterocycles. The molecule has 0 radical (unpaired) electrons. The molecular formula is C15H20N2O3S. The molecule has 21 heavy (non-hydrogen) atoms. The van der Waals surface area contributed by atoms with Gasteiger partial charge in [0.2, 0.25) is 5.91 Å². The predicted octanol–water partition coefficient (Wildman–Crippen LogP) is 1.80. The Labute approximate surface area is 125 Å². The van der Waals surface area contributed by atoms with Crippen LogP contribution in [-0.4, -0.2) is 38.4 Å². The fourth-order valence-corrected chi connectivity index (χ4v) is 4.67. The van der Waals surface area contributed by atoms with E-state index in [-0.39, 0.29) is 17.7 Å². The van der Waals surface area contributed by atoms with E-state index in [0.717, 1.165) is 37.2 Å². The quantitative estimate of drug-likeness (QED) is 0.924. The first-order chi connectivity index (χ1) is 10.0. The van der Waals surface area contributed by atoms with E-state index < -0.39 is 9.84 Å². The van der Waals surface area contributed by atoms with Gasteiger partial charge in [0.05, 0.1) is 11.5 Å². The van der Waals surface area contributed by atoms with Crippen molar-refractivity contribution in [3.05, 3.63) is 24.3 Å². The summed E-state index contributed by atoms with van der Waals surface area (Å²) >= 11 is 0. The maximum Gasteiger partial charge on any atom is 0.227 e. The minimum atomic E-state index is -2.90. The number of anilines is 2. The topological polar surface area (TPSA) is 66.5 Å². The van der Waals surface area contributed by atoms with Gasteiger partial charge in [0.25, 0.3) is 0 Å². The Kier molecular flexibility index (Phi) is 3.89. The largest absolute Gasteiger partial charge is 0.381 e. The molecule has 1 unspecified atom stereocenters. The van der Waals surface area contributed by atoms with Gasteiger partial charge in [-0.3, -0.25) is 4.79 Å². The Hall–Kier alpha value is -1.56. The number of carbonyl (C=O) groups excluding carboxylic acids is 1. The van der Waals surface area contributed by atoms with E-state index in [2.05, 4.69) is 5.32 Å². The summed E-state index contributed by atoms with van der Waals surface area (Å²) in [5.74, 6) is 0.690. The van der Waals surface area contributed by atoms with Crippen molar-refractivity contribution in [2.75, 3.05) is 28.3 Å². The number of amides is 1. The molecule has 1 aromatic rings. The van der Waals surface area contributed by atoms with Gasteiger partial charge in [0.1, 0.15) is 0 Å². The summed E-state index contributed by atoms with van der Waals surface area (Å²) in [7, 11) is -2.90. The molecule has 2 aliphatic rings. The number of hydrogen-bond donors (Lipinski definition) is 1. The van der Waals surface area contributed by atoms with Crippen LogP contribution in [0.15, 0.2) is 24.3 Å². The van der Waals surface area contributed by atoms with Crippen LogP contribution in [0.5, 0.6) is 0 Å². The third-order valence-corrected chi connectivity index (χ3v) is 5.91. The van der Waals surface area contributed by atoms with Crippen molar-refractivity contribution in [3.63, 3.8) is 0 Å². The molecule has 0 spiro atoms. The zero-order chi connectivity index (χ0) is 14.9. The Morgan fingerprint density at radius 1 is 1.14 bits per heavy atom. The van der Waals surface area contributed by atoms with Gasteiger partial charge in [-0.15, -0.1) is 0 Å². The van der Waals surface area contributed by atoms with Gasteiger partial charge in [0, 0.05) is 30.4 Å². The fourth-order valence-electron chi connectivity index (χ4n) is 3.03. The normalized spacial score (nSPS) is 25.0. The first-order valence-corrected chi connectivity index (χ1v) is 9.23.